The Morgan fingerprint density at radius 2 is 0.938 bits per heavy atom. The Hall–Kier alpha value is -7.02. The van der Waals surface area contributed by atoms with Crippen LogP contribution in [0.15, 0.2) is 133 Å². The van der Waals surface area contributed by atoms with Crippen LogP contribution in [-0.2, 0) is 0 Å². The van der Waals surface area contributed by atoms with Gasteiger partial charge in [-0.2, -0.15) is 10.5 Å². The summed E-state index contributed by atoms with van der Waals surface area (Å²) in [7, 11) is 0. The normalized spacial score (nSPS) is 11.7. The molecule has 0 amide bonds. The fourth-order valence-corrected chi connectivity index (χ4v) is 7.61. The second kappa shape index (κ2) is 9.74. The van der Waals surface area contributed by atoms with Crippen LogP contribution in [0.1, 0.15) is 11.4 Å². The molecule has 0 aliphatic carbocycles. The summed E-state index contributed by atoms with van der Waals surface area (Å²) in [5, 5.41) is 28.4. The van der Waals surface area contributed by atoms with Gasteiger partial charge in [0.05, 0.1) is 33.1 Å². The second-order valence-electron chi connectivity index (χ2n) is 12.0. The van der Waals surface area contributed by atoms with E-state index in [1.54, 1.807) is 0 Å². The van der Waals surface area contributed by atoms with Crippen LogP contribution in [0.3, 0.4) is 0 Å². The summed E-state index contributed by atoms with van der Waals surface area (Å²) in [5.74, 6) is 0. The fraction of sp³-hybridized carbons (Fsp3) is 0. The Balaban J connectivity index is 1.52. The van der Waals surface area contributed by atoms with Gasteiger partial charge in [-0.15, -0.1) is 0 Å². The van der Waals surface area contributed by atoms with Crippen molar-refractivity contribution in [3.05, 3.63) is 145 Å². The summed E-state index contributed by atoms with van der Waals surface area (Å²) >= 11 is 0. The number of hydrogen-bond acceptors (Lipinski definition) is 4. The molecule has 0 spiro atoms. The second-order valence-corrected chi connectivity index (χ2v) is 12.0. The van der Waals surface area contributed by atoms with Crippen molar-refractivity contribution < 1.29 is 0 Å². The molecule has 6 heteroatoms. The molecule has 0 N–H and O–H groups in total. The third-order valence-corrected chi connectivity index (χ3v) is 9.56. The van der Waals surface area contributed by atoms with Gasteiger partial charge in [0.25, 0.3) is 0 Å². The summed E-state index contributed by atoms with van der Waals surface area (Å²) in [6, 6.07) is 50.7. The van der Waals surface area contributed by atoms with Crippen LogP contribution in [0, 0.1) is 22.7 Å². The van der Waals surface area contributed by atoms with Gasteiger partial charge in [0.2, 0.25) is 0 Å². The Bertz CT molecular complexity index is 3030. The lowest BCUT2D eigenvalue weighted by Crippen LogP contribution is -1.99. The van der Waals surface area contributed by atoms with E-state index in [-0.39, 0.29) is 11.4 Å². The molecule has 10 aromatic rings. The van der Waals surface area contributed by atoms with Gasteiger partial charge in [0.15, 0.2) is 11.4 Å². The lowest BCUT2D eigenvalue weighted by Gasteiger charge is -2.15. The predicted molar refractivity (Wildman–Crippen MR) is 193 cm³/mol. The zero-order valence-electron chi connectivity index (χ0n) is 25.4. The van der Waals surface area contributed by atoms with E-state index in [1.165, 1.54) is 0 Å². The fourth-order valence-electron chi connectivity index (χ4n) is 7.61. The summed E-state index contributed by atoms with van der Waals surface area (Å²) in [4.78, 5) is 9.69. The molecular formula is C42H22N6. The molecule has 48 heavy (non-hydrogen) atoms. The molecule has 220 valence electrons. The first-order valence-corrected chi connectivity index (χ1v) is 15.7. The molecule has 10 rings (SSSR count). The van der Waals surface area contributed by atoms with Gasteiger partial charge in [-0.25, -0.2) is 9.97 Å². The maximum absolute atomic E-state index is 10.0. The number of para-hydroxylation sites is 4. The molecule has 0 bridgehead atoms. The minimum absolute atomic E-state index is 0.0221. The summed E-state index contributed by atoms with van der Waals surface area (Å²) in [5.41, 5.74) is 7.63. The average molecular weight is 611 g/mol. The van der Waals surface area contributed by atoms with Crippen molar-refractivity contribution in [3.63, 3.8) is 0 Å². The van der Waals surface area contributed by atoms with Crippen LogP contribution < -0.4 is 0 Å². The molecule has 6 nitrogen and oxygen atoms in total. The number of hydrogen-bond donors (Lipinski definition) is 0. The van der Waals surface area contributed by atoms with Gasteiger partial charge in [0, 0.05) is 49.1 Å². The van der Waals surface area contributed by atoms with Gasteiger partial charge in [-0.05, 0) is 53.9 Å². The Morgan fingerprint density at radius 3 is 1.58 bits per heavy atom. The van der Waals surface area contributed by atoms with E-state index in [0.717, 1.165) is 76.5 Å². The molecule has 0 fully saturated rings. The molecule has 0 saturated carbocycles. The van der Waals surface area contributed by atoms with Gasteiger partial charge in [-0.3, -0.25) is 0 Å². The van der Waals surface area contributed by atoms with E-state index < -0.39 is 0 Å². The van der Waals surface area contributed by atoms with E-state index in [1.807, 2.05) is 24.3 Å². The van der Waals surface area contributed by atoms with E-state index >= 15 is 0 Å². The van der Waals surface area contributed by atoms with Crippen LogP contribution in [0.25, 0.3) is 87.6 Å². The van der Waals surface area contributed by atoms with Crippen molar-refractivity contribution in [2.75, 3.05) is 0 Å². The van der Waals surface area contributed by atoms with E-state index in [2.05, 4.69) is 130 Å². The van der Waals surface area contributed by atoms with Crippen molar-refractivity contribution in [3.8, 4) is 23.5 Å². The maximum Gasteiger partial charge on any atom is 0.177 e. The van der Waals surface area contributed by atoms with E-state index in [4.69, 9.17) is 9.97 Å². The van der Waals surface area contributed by atoms with E-state index in [0.29, 0.717) is 11.0 Å². The lowest BCUT2D eigenvalue weighted by molar-refractivity contribution is 1.18. The van der Waals surface area contributed by atoms with Crippen LogP contribution in [0.4, 0.5) is 0 Å². The zero-order chi connectivity index (χ0) is 31.9. The minimum Gasteiger partial charge on any atom is -0.309 e. The molecule has 0 aliphatic heterocycles. The number of rotatable bonds is 2. The third kappa shape index (κ3) is 3.43. The predicted octanol–water partition coefficient (Wildman–Crippen LogP) is 9.87. The van der Waals surface area contributed by atoms with Crippen molar-refractivity contribution in [1.29, 1.82) is 10.5 Å². The number of aromatic nitrogens is 4. The Morgan fingerprint density at radius 1 is 0.417 bits per heavy atom. The monoisotopic (exact) mass is 610 g/mol. The van der Waals surface area contributed by atoms with Crippen LogP contribution in [-0.4, -0.2) is 19.1 Å². The molecule has 7 aromatic carbocycles. The zero-order valence-corrected chi connectivity index (χ0v) is 25.4. The van der Waals surface area contributed by atoms with Crippen LogP contribution in [0.2, 0.25) is 0 Å². The van der Waals surface area contributed by atoms with E-state index in [9.17, 15) is 10.5 Å². The van der Waals surface area contributed by atoms with Gasteiger partial charge < -0.3 is 9.13 Å². The minimum atomic E-state index is 0.0221. The molecule has 3 heterocycles. The quantitative estimate of drug-likeness (QED) is 0.182. The maximum atomic E-state index is 10.0. The number of benzene rings is 7. The molecule has 0 saturated heterocycles. The average Bonchev–Trinajstić information content (AvgIpc) is 3.66. The van der Waals surface area contributed by atoms with Gasteiger partial charge in [-0.1, -0.05) is 84.9 Å². The third-order valence-electron chi connectivity index (χ3n) is 9.56. The molecule has 0 aliphatic rings. The molecular weight excluding hydrogens is 589 g/mol. The number of fused-ring (bicyclic) bond motifs is 13. The summed E-state index contributed by atoms with van der Waals surface area (Å²) in [6.45, 7) is 0. The highest BCUT2D eigenvalue weighted by Crippen LogP contribution is 2.45. The highest BCUT2D eigenvalue weighted by Gasteiger charge is 2.23. The number of nitriles is 2. The van der Waals surface area contributed by atoms with Crippen LogP contribution >= 0.6 is 0 Å². The van der Waals surface area contributed by atoms with Crippen molar-refractivity contribution in [2.24, 2.45) is 0 Å². The largest absolute Gasteiger partial charge is 0.309 e. The Kier molecular flexibility index (Phi) is 5.32. The molecule has 0 atom stereocenters. The Labute approximate surface area is 273 Å². The van der Waals surface area contributed by atoms with Gasteiger partial charge in [0.1, 0.15) is 12.1 Å². The highest BCUT2D eigenvalue weighted by atomic mass is 15.0. The molecule has 0 radical (unpaired) electrons. The van der Waals surface area contributed by atoms with Crippen molar-refractivity contribution in [2.45, 2.75) is 0 Å². The van der Waals surface area contributed by atoms with Crippen molar-refractivity contribution >= 4 is 76.2 Å². The first kappa shape index (κ1) is 26.2. The first-order valence-electron chi connectivity index (χ1n) is 15.7. The number of nitrogens with zero attached hydrogens (tertiary/aromatic N) is 6. The first-order chi connectivity index (χ1) is 23.7. The topological polar surface area (TPSA) is 83.2 Å². The lowest BCUT2D eigenvalue weighted by atomic mass is 9.95. The summed E-state index contributed by atoms with van der Waals surface area (Å²) in [6.07, 6.45) is 0. The molecule has 3 aromatic heterocycles. The highest BCUT2D eigenvalue weighted by molar-refractivity contribution is 6.34. The van der Waals surface area contributed by atoms with Gasteiger partial charge >= 0.3 is 0 Å². The molecule has 0 unspecified atom stereocenters. The van der Waals surface area contributed by atoms with Crippen molar-refractivity contribution in [1.82, 2.24) is 19.1 Å². The standard InChI is InChI=1S/C42H22N6/c43-23-34-35(24-44)46-41-33-22-38-31(28-16-8-9-17-36(28)47(38)25-11-3-1-4-12-25)21-32(33)39-30(40(41)45-34)20-19-29-27-15-7-10-18-37(27)48(42(29)39)26-13-5-2-6-14-26/h1-22H. The SMILES string of the molecule is N#Cc1nc2c3cc4c(cc3c3c(ccc5c6ccccc6n(-c6ccccc6)c53)c2nc1C#N)c1ccccc1n4-c1ccccc1. The summed E-state index contributed by atoms with van der Waals surface area (Å²) < 4.78 is 4.61. The smallest absolute Gasteiger partial charge is 0.177 e. The van der Waals surface area contributed by atoms with Crippen LogP contribution in [0.5, 0.6) is 0 Å².